The first-order valence-electron chi connectivity index (χ1n) is 10.0. The highest BCUT2D eigenvalue weighted by Gasteiger charge is 2.58. The predicted octanol–water partition coefficient (Wildman–Crippen LogP) is 2.60. The van der Waals surface area contributed by atoms with Gasteiger partial charge < -0.3 is 20.5 Å². The Bertz CT molecular complexity index is 940. The van der Waals surface area contributed by atoms with Crippen molar-refractivity contribution in [3.05, 3.63) is 52.1 Å². The number of nitrogens with zero attached hydrogens (tertiary/aromatic N) is 4. The summed E-state index contributed by atoms with van der Waals surface area (Å²) in [6, 6.07) is 4.14. The first kappa shape index (κ1) is 22.0. The molecule has 1 aromatic carbocycles. The van der Waals surface area contributed by atoms with E-state index in [1.165, 1.54) is 18.2 Å². The van der Waals surface area contributed by atoms with Crippen molar-refractivity contribution >= 4 is 29.7 Å². The number of rotatable bonds is 6. The van der Waals surface area contributed by atoms with Crippen LogP contribution in [0.15, 0.2) is 30.6 Å². The maximum atomic E-state index is 13.5. The van der Waals surface area contributed by atoms with Gasteiger partial charge in [-0.05, 0) is 50.8 Å². The highest BCUT2D eigenvalue weighted by molar-refractivity contribution is 6.00. The molecule has 0 radical (unpaired) electrons. The Labute approximate surface area is 181 Å². The number of nitro groups is 1. The summed E-state index contributed by atoms with van der Waals surface area (Å²) in [5, 5.41) is 14.6. The normalized spacial score (nSPS) is 19.2. The zero-order valence-corrected chi connectivity index (χ0v) is 17.7. The lowest BCUT2D eigenvalue weighted by Crippen LogP contribution is -2.40. The molecular weight excluding hydrogens is 408 g/mol. The number of nitrogen functional groups attached to an aromatic ring is 1. The van der Waals surface area contributed by atoms with Crippen molar-refractivity contribution in [2.45, 2.75) is 45.3 Å². The number of nitrogens with one attached hydrogen (secondary N) is 1. The van der Waals surface area contributed by atoms with E-state index in [2.05, 4.69) is 10.3 Å². The number of benzene rings is 1. The van der Waals surface area contributed by atoms with Gasteiger partial charge in [-0.1, -0.05) is 0 Å². The molecule has 1 saturated carbocycles. The average Bonchev–Trinajstić information content (AvgIpc) is 3.19. The number of aryl methyl sites for hydroxylation is 1. The number of hydrogen-bond donors (Lipinski definition) is 2. The lowest BCUT2D eigenvalue weighted by Gasteiger charge is -2.30. The van der Waals surface area contributed by atoms with Crippen LogP contribution in [0.3, 0.4) is 0 Å². The van der Waals surface area contributed by atoms with Gasteiger partial charge in [0.15, 0.2) is 0 Å². The molecular formula is C20H27ClN6O3. The quantitative estimate of drug-likeness (QED) is 0.409. The highest BCUT2D eigenvalue weighted by atomic mass is 35.5. The molecule has 30 heavy (non-hydrogen) atoms. The third kappa shape index (κ3) is 3.99. The minimum absolute atomic E-state index is 0. The van der Waals surface area contributed by atoms with Gasteiger partial charge >= 0.3 is 0 Å². The van der Waals surface area contributed by atoms with Crippen LogP contribution in [-0.2, 0) is 13.1 Å². The highest BCUT2D eigenvalue weighted by Crippen LogP contribution is 2.56. The van der Waals surface area contributed by atoms with Crippen molar-refractivity contribution in [2.24, 2.45) is 5.41 Å². The first-order valence-corrected chi connectivity index (χ1v) is 10.0. The first-order chi connectivity index (χ1) is 13.9. The third-order valence-electron chi connectivity index (χ3n) is 6.32. The number of halogens is 1. The number of anilines is 1. The zero-order chi connectivity index (χ0) is 20.6. The van der Waals surface area contributed by atoms with Crippen LogP contribution in [0.5, 0.6) is 0 Å². The standard InChI is InChI=1S/C20H26N6O3.ClH/c1-2-24-10-9-23-18(24)13-25(17-12-20(17)5-7-22-8-6-20)19(27)15-11-14(26(28)29)3-4-16(15)21;/h3-4,9-11,17,22H,2,5-8,12-13,21H2,1H3;1H. The van der Waals surface area contributed by atoms with Crippen molar-refractivity contribution in [3.63, 3.8) is 0 Å². The summed E-state index contributed by atoms with van der Waals surface area (Å²) in [5.74, 6) is 0.540. The Balaban J connectivity index is 0.00000256. The van der Waals surface area contributed by atoms with Crippen LogP contribution in [0.4, 0.5) is 11.4 Å². The summed E-state index contributed by atoms with van der Waals surface area (Å²) in [6.45, 7) is 5.04. The molecule has 3 N–H and O–H groups in total. The summed E-state index contributed by atoms with van der Waals surface area (Å²) < 4.78 is 2.01. The number of nitro benzene ring substituents is 1. The summed E-state index contributed by atoms with van der Waals surface area (Å²) >= 11 is 0. The maximum Gasteiger partial charge on any atom is 0.270 e. The zero-order valence-electron chi connectivity index (χ0n) is 16.9. The Morgan fingerprint density at radius 3 is 2.83 bits per heavy atom. The van der Waals surface area contributed by atoms with E-state index in [-0.39, 0.29) is 46.7 Å². The molecule has 2 fully saturated rings. The predicted molar refractivity (Wildman–Crippen MR) is 115 cm³/mol. The van der Waals surface area contributed by atoms with Crippen LogP contribution >= 0.6 is 12.4 Å². The lowest BCUT2D eigenvalue weighted by molar-refractivity contribution is -0.384. The molecule has 2 aliphatic rings. The van der Waals surface area contributed by atoms with Crippen LogP contribution in [0, 0.1) is 15.5 Å². The molecule has 1 aliphatic heterocycles. The molecule has 10 heteroatoms. The van der Waals surface area contributed by atoms with Crippen LogP contribution in [0.1, 0.15) is 42.4 Å². The number of imidazole rings is 1. The number of amides is 1. The molecule has 9 nitrogen and oxygen atoms in total. The van der Waals surface area contributed by atoms with Gasteiger partial charge in [0.2, 0.25) is 0 Å². The van der Waals surface area contributed by atoms with Gasteiger partial charge in [-0.2, -0.15) is 0 Å². The molecule has 0 bridgehead atoms. The average molecular weight is 435 g/mol. The monoisotopic (exact) mass is 434 g/mol. The van der Waals surface area contributed by atoms with Gasteiger partial charge in [0, 0.05) is 42.8 Å². The Hall–Kier alpha value is -2.65. The molecule has 1 aromatic heterocycles. The molecule has 1 spiro atoms. The Kier molecular flexibility index (Phi) is 6.33. The number of hydrogen-bond acceptors (Lipinski definition) is 6. The second-order valence-electron chi connectivity index (χ2n) is 7.92. The maximum absolute atomic E-state index is 13.5. The summed E-state index contributed by atoms with van der Waals surface area (Å²) in [6.07, 6.45) is 6.62. The fourth-order valence-corrected chi connectivity index (χ4v) is 4.48. The third-order valence-corrected chi connectivity index (χ3v) is 6.32. The van der Waals surface area contributed by atoms with E-state index in [0.29, 0.717) is 6.54 Å². The van der Waals surface area contributed by atoms with E-state index < -0.39 is 4.92 Å². The van der Waals surface area contributed by atoms with Gasteiger partial charge in [-0.15, -0.1) is 12.4 Å². The molecule has 1 amide bonds. The largest absolute Gasteiger partial charge is 0.398 e. The van der Waals surface area contributed by atoms with E-state index in [1.807, 2.05) is 22.6 Å². The van der Waals surface area contributed by atoms with Crippen molar-refractivity contribution in [3.8, 4) is 0 Å². The molecule has 2 aromatic rings. The minimum atomic E-state index is -0.504. The van der Waals surface area contributed by atoms with Gasteiger partial charge in [-0.25, -0.2) is 4.98 Å². The molecule has 162 valence electrons. The minimum Gasteiger partial charge on any atom is -0.398 e. The number of nitrogens with two attached hydrogens (primary N) is 1. The molecule has 1 saturated heterocycles. The van der Waals surface area contributed by atoms with E-state index in [1.54, 1.807) is 6.20 Å². The Morgan fingerprint density at radius 2 is 2.17 bits per heavy atom. The van der Waals surface area contributed by atoms with Gasteiger partial charge in [0.25, 0.3) is 11.6 Å². The number of aromatic nitrogens is 2. The van der Waals surface area contributed by atoms with Crippen molar-refractivity contribution in [1.29, 1.82) is 0 Å². The van der Waals surface area contributed by atoms with Gasteiger partial charge in [0.05, 0.1) is 17.0 Å². The van der Waals surface area contributed by atoms with Crippen LogP contribution < -0.4 is 11.1 Å². The number of piperidine rings is 1. The molecule has 1 unspecified atom stereocenters. The van der Waals surface area contributed by atoms with Crippen molar-refractivity contribution in [1.82, 2.24) is 19.8 Å². The van der Waals surface area contributed by atoms with Crippen molar-refractivity contribution in [2.75, 3.05) is 18.8 Å². The van der Waals surface area contributed by atoms with E-state index in [4.69, 9.17) is 5.73 Å². The number of carbonyl (C=O) groups excluding carboxylic acids is 1. The SMILES string of the molecule is CCn1ccnc1CN(C(=O)c1cc([N+](=O)[O-])ccc1N)C1CC12CCNCC2.Cl. The summed E-state index contributed by atoms with van der Waals surface area (Å²) in [4.78, 5) is 30.5. The topological polar surface area (TPSA) is 119 Å². The second kappa shape index (κ2) is 8.61. The van der Waals surface area contributed by atoms with E-state index in [9.17, 15) is 14.9 Å². The fourth-order valence-electron chi connectivity index (χ4n) is 4.48. The molecule has 1 aliphatic carbocycles. The fraction of sp³-hybridized carbons (Fsp3) is 0.500. The van der Waals surface area contributed by atoms with Crippen LogP contribution in [0.25, 0.3) is 0 Å². The number of non-ortho nitro benzene ring substituents is 1. The lowest BCUT2D eigenvalue weighted by atomic mass is 9.93. The Morgan fingerprint density at radius 1 is 1.43 bits per heavy atom. The molecule has 1 atom stereocenters. The van der Waals surface area contributed by atoms with Gasteiger partial charge in [0.1, 0.15) is 5.82 Å². The number of carbonyl (C=O) groups is 1. The second-order valence-corrected chi connectivity index (χ2v) is 7.92. The van der Waals surface area contributed by atoms with E-state index in [0.717, 1.165) is 44.7 Å². The van der Waals surface area contributed by atoms with Crippen LogP contribution in [0.2, 0.25) is 0 Å². The molecule has 4 rings (SSSR count). The van der Waals surface area contributed by atoms with Gasteiger partial charge in [-0.3, -0.25) is 14.9 Å². The van der Waals surface area contributed by atoms with Crippen molar-refractivity contribution < 1.29 is 9.72 Å². The molecule has 2 heterocycles. The summed E-state index contributed by atoms with van der Waals surface area (Å²) in [7, 11) is 0. The smallest absolute Gasteiger partial charge is 0.270 e. The van der Waals surface area contributed by atoms with Crippen LogP contribution in [-0.4, -0.2) is 44.4 Å². The van der Waals surface area contributed by atoms with E-state index >= 15 is 0 Å². The summed E-state index contributed by atoms with van der Waals surface area (Å²) in [5.41, 5.74) is 6.48.